The van der Waals surface area contributed by atoms with Crippen molar-refractivity contribution in [3.63, 3.8) is 0 Å². The van der Waals surface area contributed by atoms with Crippen LogP contribution in [-0.2, 0) is 80.0 Å². The molecule has 9 amide bonds. The molecule has 0 spiro atoms. The van der Waals surface area contributed by atoms with Gasteiger partial charge in [0.15, 0.2) is 11.9 Å². The van der Waals surface area contributed by atoms with Gasteiger partial charge in [0.25, 0.3) is 5.91 Å². The molecule has 4 aromatic heterocycles. The fourth-order valence-electron chi connectivity index (χ4n) is 11.7. The van der Waals surface area contributed by atoms with Crippen molar-refractivity contribution < 1.29 is 68.1 Å². The third kappa shape index (κ3) is 26.8. The lowest BCUT2D eigenvalue weighted by molar-refractivity contribution is -0.142. The summed E-state index contributed by atoms with van der Waals surface area (Å²) in [7, 11) is 1.33. The number of nitrogens with zero attached hydrogens (tertiary/aromatic N) is 4. The van der Waals surface area contributed by atoms with Crippen molar-refractivity contribution in [1.29, 1.82) is 10.8 Å². The minimum Gasteiger partial charge on any atom is -0.508 e. The summed E-state index contributed by atoms with van der Waals surface area (Å²) in [5, 5.41) is 72.8. The monoisotopic (exact) mass is 1510 g/mol. The SMILES string of the molecule is CN(C(=O)c1ccc(NN)nc1)[C@H](Cc1ccc(O)cc1)C(=O)N[C@H](CCC(=O)O)C(=O)N[C@H](CCCNC(=N)N)C(=O)N[C@H](CCCCN)C(=O)N[C@H](Cc1ccccc1)C(=O)N[C@H](Cc1c[nH]c2ccccc12)C(=O)N[C@H](Cc1cnc[nH]1)C(=O)N[C@H](CCCNC(=N)N)C(=O)N[C@H](Cc1cnc[nH]1)C(=O)O. The van der Waals surface area contributed by atoms with Crippen molar-refractivity contribution in [2.45, 2.75) is 144 Å². The van der Waals surface area contributed by atoms with Crippen LogP contribution in [0.4, 0.5) is 5.82 Å². The zero-order valence-electron chi connectivity index (χ0n) is 59.8. The van der Waals surface area contributed by atoms with Gasteiger partial charge in [-0.3, -0.25) is 58.8 Å². The molecule has 0 saturated heterocycles. The number of hydrogen-bond acceptors (Lipinski definition) is 20. The van der Waals surface area contributed by atoms with Crippen LogP contribution in [0, 0.1) is 10.8 Å². The van der Waals surface area contributed by atoms with Gasteiger partial charge in [-0.25, -0.2) is 25.6 Å². The summed E-state index contributed by atoms with van der Waals surface area (Å²) >= 11 is 0. The van der Waals surface area contributed by atoms with Gasteiger partial charge in [-0.1, -0.05) is 60.7 Å². The van der Waals surface area contributed by atoms with Crippen LogP contribution >= 0.6 is 0 Å². The molecule has 0 aliphatic heterocycles. The Hall–Kier alpha value is -13.0. The number of aliphatic carboxylic acids is 2. The van der Waals surface area contributed by atoms with Gasteiger partial charge >= 0.3 is 11.9 Å². The molecule has 0 saturated carbocycles. The number of nitrogen functional groups attached to an aromatic ring is 1. The topological polar surface area (TPSA) is 622 Å². The number of imidazole rings is 2. The van der Waals surface area contributed by atoms with E-state index in [0.29, 0.717) is 45.4 Å². The molecule has 0 radical (unpaired) electrons. The summed E-state index contributed by atoms with van der Waals surface area (Å²) in [5.41, 5.74) is 22.3. The molecule has 0 fully saturated rings. The Kier molecular flexibility index (Phi) is 32.3. The lowest BCUT2D eigenvalue weighted by atomic mass is 10.0. The molecule has 38 nitrogen and oxygen atoms in total. The number of hydrogen-bond donors (Lipinski definition) is 23. The number of para-hydroxylation sites is 1. The first-order valence-corrected chi connectivity index (χ1v) is 35.0. The number of guanidine groups is 2. The average Bonchev–Trinajstić information content (AvgIpc) is 1.74. The normalized spacial score (nSPS) is 13.5. The number of aromatic amines is 3. The number of phenolic OH excluding ortho intramolecular Hbond substituents is 1. The van der Waals surface area contributed by atoms with Crippen LogP contribution in [0.15, 0.2) is 128 Å². The van der Waals surface area contributed by atoms with Gasteiger partial charge in [-0.05, 0) is 105 Å². The fourth-order valence-corrected chi connectivity index (χ4v) is 11.7. The summed E-state index contributed by atoms with van der Waals surface area (Å²) in [4.78, 5) is 180. The van der Waals surface area contributed by atoms with Crippen molar-refractivity contribution in [1.82, 2.24) is 88.0 Å². The number of benzene rings is 3. The number of rotatable bonds is 45. The second-order valence-electron chi connectivity index (χ2n) is 25.7. The number of nitrogens with one attached hydrogen (secondary N) is 16. The number of carboxylic acid groups (broad SMARTS) is 2. The highest BCUT2D eigenvalue weighted by Gasteiger charge is 2.38. The summed E-state index contributed by atoms with van der Waals surface area (Å²) < 4.78 is 0. The maximum Gasteiger partial charge on any atom is 0.326 e. The first-order valence-electron chi connectivity index (χ1n) is 35.0. The number of fused-ring (bicyclic) bond motifs is 1. The number of amides is 9. The molecule has 582 valence electrons. The number of carbonyl (C=O) groups is 11. The number of likely N-dealkylation sites (N-methyl/N-ethyl adjacent to an activating group) is 1. The van der Waals surface area contributed by atoms with Gasteiger partial charge in [0.05, 0.1) is 18.2 Å². The van der Waals surface area contributed by atoms with E-state index in [1.807, 2.05) is 0 Å². The zero-order valence-corrected chi connectivity index (χ0v) is 59.8. The minimum absolute atomic E-state index is 0.00524. The predicted molar refractivity (Wildman–Crippen MR) is 398 cm³/mol. The lowest BCUT2D eigenvalue weighted by Gasteiger charge is -2.30. The van der Waals surface area contributed by atoms with Crippen molar-refractivity contribution in [3.8, 4) is 5.75 Å². The van der Waals surface area contributed by atoms with Crippen molar-refractivity contribution in [2.24, 2.45) is 23.0 Å². The molecule has 109 heavy (non-hydrogen) atoms. The fraction of sp³-hybridized carbons (Fsp3) is 0.380. The maximum atomic E-state index is 15.3. The van der Waals surface area contributed by atoms with Gasteiger partial charge in [0, 0.05) is 106 Å². The molecule has 7 rings (SSSR count). The third-order valence-corrected chi connectivity index (χ3v) is 17.6. The van der Waals surface area contributed by atoms with Crippen molar-refractivity contribution in [2.75, 3.05) is 32.1 Å². The summed E-state index contributed by atoms with van der Waals surface area (Å²) in [6.45, 7) is 0.220. The summed E-state index contributed by atoms with van der Waals surface area (Å²) in [6, 6.07) is 10.4. The first kappa shape index (κ1) is 83.3. The first-order chi connectivity index (χ1) is 52.3. The van der Waals surface area contributed by atoms with E-state index in [9.17, 15) is 53.7 Å². The number of aromatic nitrogens is 6. The quantitative estimate of drug-likeness (QED) is 0.00654. The van der Waals surface area contributed by atoms with E-state index in [1.54, 1.807) is 60.8 Å². The van der Waals surface area contributed by atoms with Crippen LogP contribution in [0.25, 0.3) is 10.9 Å². The van der Waals surface area contributed by atoms with Crippen molar-refractivity contribution in [3.05, 3.63) is 162 Å². The summed E-state index contributed by atoms with van der Waals surface area (Å²) in [6.07, 6.45) is 6.23. The van der Waals surface area contributed by atoms with E-state index in [-0.39, 0.29) is 113 Å². The largest absolute Gasteiger partial charge is 0.508 e. The number of H-pyrrole nitrogens is 3. The Bertz CT molecular complexity index is 4200. The summed E-state index contributed by atoms with van der Waals surface area (Å²) in [5.74, 6) is -6.18. The highest BCUT2D eigenvalue weighted by atomic mass is 16.4. The molecular formula is C71H94N24O14. The van der Waals surface area contributed by atoms with Crippen LogP contribution in [0.2, 0.25) is 0 Å². The van der Waals surface area contributed by atoms with Crippen LogP contribution in [-0.4, -0.2) is 208 Å². The number of hydrazine groups is 1. The molecule has 7 aromatic rings. The lowest BCUT2D eigenvalue weighted by Crippen LogP contribution is -2.61. The molecule has 0 bridgehead atoms. The van der Waals surface area contributed by atoms with Gasteiger partial charge < -0.3 is 111 Å². The molecule has 38 heteroatoms. The Morgan fingerprint density at radius 2 is 0.972 bits per heavy atom. The zero-order chi connectivity index (χ0) is 78.9. The molecule has 9 atom stereocenters. The molecular weight excluding hydrogens is 1410 g/mol. The molecule has 27 N–H and O–H groups in total. The number of anilines is 1. The van der Waals surface area contributed by atoms with E-state index in [1.165, 1.54) is 74.7 Å². The van der Waals surface area contributed by atoms with Gasteiger partial charge in [0.1, 0.15) is 65.9 Å². The van der Waals surface area contributed by atoms with Crippen LogP contribution < -0.4 is 81.6 Å². The third-order valence-electron chi connectivity index (χ3n) is 17.6. The van der Waals surface area contributed by atoms with Gasteiger partial charge in [-0.2, -0.15) is 0 Å². The molecule has 3 aromatic carbocycles. The highest BCUT2D eigenvalue weighted by molar-refractivity contribution is 6.01. The van der Waals surface area contributed by atoms with Crippen LogP contribution in [0.3, 0.4) is 0 Å². The van der Waals surface area contributed by atoms with E-state index in [2.05, 4.69) is 88.5 Å². The number of carbonyl (C=O) groups excluding carboxylic acids is 9. The standard InChI is InChI=1S/C71H94N24O14/c1-95(68(107)42-20-24-58(94-77)83-34-42)57(30-41-18-21-46(96)22-19-41)67(106)89-52(23-25-59(97)98)63(102)87-50(16-9-27-80-70(73)74)60(99)86-49(15-7-8-26-72)61(100)90-53(29-40-11-3-2-4-12-40)64(103)91-54(31-43-35-82-48-14-6-5-13-47(43)48)65(104)92-55(32-44-36-78-38-84-44)66(105)88-51(17-10-28-81-71(75)76)62(101)93-56(69(108)109)33-45-37-79-39-85-45/h2-6,11-14,18-22,24,34-39,49-57,82,96H,7-10,15-17,23,25-33,72,77H2,1H3,(H,78,84)(H,79,85)(H,83,94)(H,86,99)(H,87,102)(H,88,105)(H,89,106)(H,90,100)(H,91,103)(H,92,104)(H,93,101)(H,97,98)(H,108,109)(H4,73,74,80)(H4,75,76,81)/t49-,50-,51-,52-,53-,54-,55-,56-,57-/m1/s1. The number of nitrogens with two attached hydrogens (primary N) is 4. The van der Waals surface area contributed by atoms with Crippen LogP contribution in [0.1, 0.15) is 96.2 Å². The minimum atomic E-state index is -1.69. The predicted octanol–water partition coefficient (Wildman–Crippen LogP) is -1.86. The number of carboxylic acids is 2. The number of phenols is 1. The highest BCUT2D eigenvalue weighted by Crippen LogP contribution is 2.22. The molecule has 4 heterocycles. The van der Waals surface area contributed by atoms with E-state index >= 15 is 14.4 Å². The van der Waals surface area contributed by atoms with E-state index in [4.69, 9.17) is 33.9 Å². The van der Waals surface area contributed by atoms with Gasteiger partial charge in [0.2, 0.25) is 47.3 Å². The Labute approximate surface area is 625 Å². The number of pyridine rings is 1. The molecule has 0 aliphatic rings. The Balaban J connectivity index is 1.18. The maximum absolute atomic E-state index is 15.3. The number of unbranched alkanes of at least 4 members (excludes halogenated alkanes) is 1. The molecule has 0 aliphatic carbocycles. The van der Waals surface area contributed by atoms with E-state index in [0.717, 1.165) is 4.90 Å². The number of aromatic hydroxyl groups is 1. The van der Waals surface area contributed by atoms with E-state index < -0.39 is 138 Å². The smallest absolute Gasteiger partial charge is 0.326 e. The van der Waals surface area contributed by atoms with Gasteiger partial charge in [-0.15, -0.1) is 0 Å². The Morgan fingerprint density at radius 3 is 1.47 bits per heavy atom. The molecule has 0 unspecified atom stereocenters. The van der Waals surface area contributed by atoms with Crippen LogP contribution in [0.5, 0.6) is 5.75 Å². The average molecular weight is 1510 g/mol. The van der Waals surface area contributed by atoms with Crippen molar-refractivity contribution >= 4 is 93.7 Å². The Morgan fingerprint density at radius 1 is 0.505 bits per heavy atom. The second-order valence-corrected chi connectivity index (χ2v) is 25.7. The second kappa shape index (κ2) is 42.2.